The van der Waals surface area contributed by atoms with Crippen molar-refractivity contribution in [3.8, 4) is 0 Å². The SMILES string of the molecule is C=C(/C=C\C(Cl)=C(/C)Cl)[C@H]1CC[C@@H](N(C)C(=O)CCCCCNC(=O)CCCCCCCCCOP(=O)(O)OC)c2ccccc21. The summed E-state index contributed by atoms with van der Waals surface area (Å²) in [5, 5.41) is 4.04. The lowest BCUT2D eigenvalue weighted by Gasteiger charge is -2.37. The van der Waals surface area contributed by atoms with Crippen LogP contribution in [-0.2, 0) is 23.2 Å². The molecule has 0 bridgehead atoms. The summed E-state index contributed by atoms with van der Waals surface area (Å²) >= 11 is 12.2. The molecule has 8 nitrogen and oxygen atoms in total. The van der Waals surface area contributed by atoms with Gasteiger partial charge in [-0.05, 0) is 68.2 Å². The van der Waals surface area contributed by atoms with E-state index in [0.717, 1.165) is 89.7 Å². The highest BCUT2D eigenvalue weighted by molar-refractivity contribution is 7.47. The molecule has 0 fully saturated rings. The number of rotatable bonds is 22. The number of benzene rings is 1. The molecule has 0 spiro atoms. The Morgan fingerprint density at radius 2 is 1.59 bits per heavy atom. The highest BCUT2D eigenvalue weighted by atomic mass is 35.5. The number of hydrogen-bond acceptors (Lipinski definition) is 5. The van der Waals surface area contributed by atoms with Gasteiger partial charge in [0.05, 0.1) is 17.7 Å². The molecule has 3 atom stereocenters. The van der Waals surface area contributed by atoms with E-state index in [-0.39, 0.29) is 30.4 Å². The van der Waals surface area contributed by atoms with Crippen molar-refractivity contribution in [2.45, 2.75) is 109 Å². The third-order valence-electron chi connectivity index (χ3n) is 8.46. The number of phosphoric acid groups is 1. The number of amides is 2. The van der Waals surface area contributed by atoms with E-state index in [1.54, 1.807) is 13.0 Å². The quantitative estimate of drug-likeness (QED) is 0.0710. The van der Waals surface area contributed by atoms with Gasteiger partial charge in [-0.1, -0.05) is 98.6 Å². The molecule has 2 amide bonds. The summed E-state index contributed by atoms with van der Waals surface area (Å²) in [6.07, 6.45) is 15.7. The molecule has 1 aromatic rings. The fourth-order valence-corrected chi connectivity index (χ4v) is 6.31. The van der Waals surface area contributed by atoms with E-state index in [1.807, 2.05) is 30.2 Å². The molecule has 1 aromatic carbocycles. The molecule has 258 valence electrons. The molecule has 46 heavy (non-hydrogen) atoms. The van der Waals surface area contributed by atoms with Crippen molar-refractivity contribution in [1.29, 1.82) is 0 Å². The smallest absolute Gasteiger partial charge is 0.356 e. The molecule has 0 heterocycles. The van der Waals surface area contributed by atoms with E-state index >= 15 is 0 Å². The van der Waals surface area contributed by atoms with Crippen molar-refractivity contribution in [2.24, 2.45) is 0 Å². The van der Waals surface area contributed by atoms with E-state index in [0.29, 0.717) is 29.5 Å². The number of nitrogens with one attached hydrogen (secondary N) is 1. The van der Waals surface area contributed by atoms with Gasteiger partial charge in [-0.25, -0.2) is 4.57 Å². The monoisotopic (exact) mass is 698 g/mol. The summed E-state index contributed by atoms with van der Waals surface area (Å²) in [5.41, 5.74) is 3.35. The van der Waals surface area contributed by atoms with Crippen LogP contribution in [-0.4, -0.2) is 48.9 Å². The second-order valence-corrected chi connectivity index (χ2v) is 14.5. The third-order valence-corrected chi connectivity index (χ3v) is 10.1. The van der Waals surface area contributed by atoms with Gasteiger partial charge in [0.25, 0.3) is 0 Å². The largest absolute Gasteiger partial charge is 0.471 e. The number of carbonyl (C=O) groups is 2. The van der Waals surface area contributed by atoms with Crippen LogP contribution in [0, 0.1) is 0 Å². The van der Waals surface area contributed by atoms with Gasteiger partial charge in [0, 0.05) is 44.5 Å². The van der Waals surface area contributed by atoms with Gasteiger partial charge in [0.15, 0.2) is 0 Å². The Morgan fingerprint density at radius 1 is 0.978 bits per heavy atom. The number of hydrogen-bond donors (Lipinski definition) is 2. The minimum atomic E-state index is -3.86. The molecule has 1 aliphatic carbocycles. The summed E-state index contributed by atoms with van der Waals surface area (Å²) < 4.78 is 20.4. The van der Waals surface area contributed by atoms with Gasteiger partial charge in [-0.15, -0.1) is 0 Å². The molecule has 0 aliphatic heterocycles. The number of unbranched alkanes of at least 4 members (excludes halogenated alkanes) is 8. The molecule has 0 aromatic heterocycles. The van der Waals surface area contributed by atoms with Crippen molar-refractivity contribution >= 4 is 42.8 Å². The van der Waals surface area contributed by atoms with Crippen molar-refractivity contribution in [3.63, 3.8) is 0 Å². The molecular weight excluding hydrogens is 646 g/mol. The predicted octanol–water partition coefficient (Wildman–Crippen LogP) is 9.45. The Bertz CT molecular complexity index is 1230. The van der Waals surface area contributed by atoms with E-state index in [4.69, 9.17) is 32.6 Å². The Kier molecular flexibility index (Phi) is 19.1. The van der Waals surface area contributed by atoms with Crippen LogP contribution < -0.4 is 5.32 Å². The van der Waals surface area contributed by atoms with E-state index in [9.17, 15) is 14.2 Å². The topological polar surface area (TPSA) is 105 Å². The van der Waals surface area contributed by atoms with Crippen molar-refractivity contribution < 1.29 is 28.1 Å². The molecule has 2 rings (SSSR count). The number of allylic oxidation sites excluding steroid dienone is 5. The Balaban J connectivity index is 1.60. The maximum Gasteiger partial charge on any atom is 0.471 e. The standard InChI is InChI=1S/C35H53Cl2N2O6P/c1-27(21-23-32(37)28(2)36)29-22-24-33(31-18-14-13-17-30(29)31)39(3)35(41)20-12-10-15-25-38-34(40)19-11-8-6-5-7-9-16-26-45-46(42,43)44-4/h13-14,17-18,21,23,29,33H,1,5-12,15-16,19-20,22,24-26H2,2-4H3,(H,38,40)(H,42,43)/b23-21-,32-28-/t29-,33-/m1/s1. The first kappa shape index (κ1) is 40.2. The first-order chi connectivity index (χ1) is 22.0. The van der Waals surface area contributed by atoms with Crippen LogP contribution in [0.5, 0.6) is 0 Å². The Morgan fingerprint density at radius 3 is 2.26 bits per heavy atom. The van der Waals surface area contributed by atoms with Crippen LogP contribution in [0.25, 0.3) is 0 Å². The molecule has 11 heteroatoms. The van der Waals surface area contributed by atoms with Crippen LogP contribution >= 0.6 is 31.0 Å². The average molecular weight is 700 g/mol. The zero-order valence-corrected chi connectivity index (χ0v) is 30.2. The van der Waals surface area contributed by atoms with Gasteiger partial charge in [0.1, 0.15) is 0 Å². The van der Waals surface area contributed by atoms with Gasteiger partial charge < -0.3 is 15.1 Å². The van der Waals surface area contributed by atoms with Crippen molar-refractivity contribution in [2.75, 3.05) is 27.3 Å². The van der Waals surface area contributed by atoms with E-state index < -0.39 is 7.82 Å². The van der Waals surface area contributed by atoms with Crippen LogP contribution in [0.15, 0.2) is 58.6 Å². The predicted molar refractivity (Wildman–Crippen MR) is 188 cm³/mol. The third kappa shape index (κ3) is 14.9. The minimum Gasteiger partial charge on any atom is -0.356 e. The molecule has 0 saturated heterocycles. The molecular formula is C35H53Cl2N2O6P. The van der Waals surface area contributed by atoms with Gasteiger partial charge in [0.2, 0.25) is 11.8 Å². The van der Waals surface area contributed by atoms with Gasteiger partial charge in [-0.2, -0.15) is 0 Å². The Labute approximate surface area is 286 Å². The lowest BCUT2D eigenvalue weighted by atomic mass is 9.76. The number of halogens is 2. The van der Waals surface area contributed by atoms with Crippen molar-refractivity contribution in [3.05, 3.63) is 69.8 Å². The summed E-state index contributed by atoms with van der Waals surface area (Å²) in [5.74, 6) is 0.393. The summed E-state index contributed by atoms with van der Waals surface area (Å²) in [4.78, 5) is 36.4. The molecule has 1 aliphatic rings. The van der Waals surface area contributed by atoms with Crippen LogP contribution in [0.4, 0.5) is 0 Å². The van der Waals surface area contributed by atoms with Crippen LogP contribution in [0.2, 0.25) is 0 Å². The molecule has 0 saturated carbocycles. The normalized spacial score (nSPS) is 18.0. The fourth-order valence-electron chi connectivity index (χ4n) is 5.71. The van der Waals surface area contributed by atoms with E-state index in [2.05, 4.69) is 28.6 Å². The summed E-state index contributed by atoms with van der Waals surface area (Å²) in [7, 11) is -0.804. The van der Waals surface area contributed by atoms with Crippen LogP contribution in [0.1, 0.15) is 120 Å². The summed E-state index contributed by atoms with van der Waals surface area (Å²) in [6, 6.07) is 8.35. The maximum absolute atomic E-state index is 13.1. The van der Waals surface area contributed by atoms with Gasteiger partial charge >= 0.3 is 7.82 Å². The van der Waals surface area contributed by atoms with Crippen molar-refractivity contribution in [1.82, 2.24) is 10.2 Å². The highest BCUT2D eigenvalue weighted by Crippen LogP contribution is 2.44. The highest BCUT2D eigenvalue weighted by Gasteiger charge is 2.31. The maximum atomic E-state index is 13.1. The minimum absolute atomic E-state index is 0.0360. The van der Waals surface area contributed by atoms with Crippen LogP contribution in [0.3, 0.4) is 0 Å². The second-order valence-electron chi connectivity index (χ2n) is 11.9. The summed E-state index contributed by atoms with van der Waals surface area (Å²) in [6.45, 7) is 6.90. The lowest BCUT2D eigenvalue weighted by molar-refractivity contribution is -0.132. The molecule has 2 N–H and O–H groups in total. The fraction of sp³-hybridized carbons (Fsp3) is 0.600. The first-order valence-corrected chi connectivity index (χ1v) is 18.7. The zero-order chi connectivity index (χ0) is 34.0. The number of carbonyl (C=O) groups excluding carboxylic acids is 2. The Hall–Kier alpha value is -1.93. The number of fused-ring (bicyclic) bond motifs is 1. The lowest BCUT2D eigenvalue weighted by Crippen LogP contribution is -2.34. The van der Waals surface area contributed by atoms with Gasteiger partial charge in [-0.3, -0.25) is 18.6 Å². The average Bonchev–Trinajstić information content (AvgIpc) is 3.04. The van der Waals surface area contributed by atoms with E-state index in [1.165, 1.54) is 11.1 Å². The zero-order valence-electron chi connectivity index (χ0n) is 27.8. The molecule has 0 radical (unpaired) electrons. The number of phosphoric ester groups is 1. The first-order valence-electron chi connectivity index (χ1n) is 16.5. The second kappa shape index (κ2) is 21.8. The molecule has 1 unspecified atom stereocenters. The number of nitrogens with zero attached hydrogens (tertiary/aromatic N) is 1.